The van der Waals surface area contributed by atoms with Gasteiger partial charge in [0.25, 0.3) is 0 Å². The lowest BCUT2D eigenvalue weighted by atomic mass is 10.0. The zero-order valence-corrected chi connectivity index (χ0v) is 8.81. The molecule has 0 aromatic heterocycles. The molecule has 1 aromatic carbocycles. The van der Waals surface area contributed by atoms with Crippen LogP contribution >= 0.6 is 0 Å². The fourth-order valence-corrected chi connectivity index (χ4v) is 1.23. The summed E-state index contributed by atoms with van der Waals surface area (Å²) in [6.07, 6.45) is -0.641. The zero-order chi connectivity index (χ0) is 11.4. The van der Waals surface area contributed by atoms with E-state index in [1.807, 2.05) is 0 Å². The van der Waals surface area contributed by atoms with Crippen LogP contribution in [0.3, 0.4) is 0 Å². The predicted molar refractivity (Wildman–Crippen MR) is 56.4 cm³/mol. The number of carbonyl (C=O) groups excluding carboxylic acids is 1. The topological polar surface area (TPSA) is 72.5 Å². The second-order valence-corrected chi connectivity index (χ2v) is 3.43. The molecule has 4 heteroatoms. The average molecular weight is 209 g/mol. The van der Waals surface area contributed by atoms with Crippen LogP contribution in [0, 0.1) is 0 Å². The van der Waals surface area contributed by atoms with E-state index in [1.54, 1.807) is 31.2 Å². The Morgan fingerprint density at radius 2 is 2.20 bits per heavy atom. The number of carbonyl (C=O) groups is 1. The molecule has 0 amide bonds. The monoisotopic (exact) mass is 209 g/mol. The highest BCUT2D eigenvalue weighted by atomic mass is 16.5. The fraction of sp³-hybridized carbons (Fsp3) is 0.364. The highest BCUT2D eigenvalue weighted by molar-refractivity contribution is 5.69. The number of hydrogen-bond acceptors (Lipinski definition) is 4. The quantitative estimate of drug-likeness (QED) is 0.575. The van der Waals surface area contributed by atoms with E-state index in [0.717, 1.165) is 5.56 Å². The molecule has 0 radical (unpaired) electrons. The standard InChI is InChI=1S/C11H15NO3/c1-7(13)11(12)9-4-3-5-10(6-9)15-8(2)14/h3-7,11,13H,12H2,1-2H3/t7-,11-/m1/s1. The Bertz CT molecular complexity index is 349. The van der Waals surface area contributed by atoms with E-state index in [0.29, 0.717) is 5.75 Å². The summed E-state index contributed by atoms with van der Waals surface area (Å²) in [5.41, 5.74) is 6.49. The van der Waals surface area contributed by atoms with Gasteiger partial charge in [-0.25, -0.2) is 0 Å². The minimum atomic E-state index is -0.641. The molecule has 0 spiro atoms. The lowest BCUT2D eigenvalue weighted by molar-refractivity contribution is -0.131. The van der Waals surface area contributed by atoms with Crippen LogP contribution in [0.5, 0.6) is 5.75 Å². The van der Waals surface area contributed by atoms with Gasteiger partial charge in [0, 0.05) is 6.92 Å². The number of hydrogen-bond donors (Lipinski definition) is 2. The molecule has 15 heavy (non-hydrogen) atoms. The van der Waals surface area contributed by atoms with Crippen LogP contribution in [-0.2, 0) is 4.79 Å². The maximum atomic E-state index is 10.7. The molecule has 0 saturated heterocycles. The van der Waals surface area contributed by atoms with Crippen LogP contribution in [-0.4, -0.2) is 17.2 Å². The summed E-state index contributed by atoms with van der Waals surface area (Å²) in [5.74, 6) is 0.0638. The summed E-state index contributed by atoms with van der Waals surface area (Å²) in [7, 11) is 0. The van der Waals surface area contributed by atoms with Crippen molar-refractivity contribution >= 4 is 5.97 Å². The highest BCUT2D eigenvalue weighted by Crippen LogP contribution is 2.20. The van der Waals surface area contributed by atoms with E-state index < -0.39 is 12.1 Å². The van der Waals surface area contributed by atoms with E-state index in [2.05, 4.69) is 0 Å². The van der Waals surface area contributed by atoms with Crippen LogP contribution < -0.4 is 10.5 Å². The molecule has 0 saturated carbocycles. The number of rotatable bonds is 3. The Morgan fingerprint density at radius 3 is 2.73 bits per heavy atom. The molecule has 3 N–H and O–H groups in total. The number of nitrogens with two attached hydrogens (primary N) is 1. The van der Waals surface area contributed by atoms with Crippen LogP contribution in [0.2, 0.25) is 0 Å². The molecule has 0 bridgehead atoms. The Kier molecular flexibility index (Phi) is 3.82. The summed E-state index contributed by atoms with van der Waals surface area (Å²) in [6, 6.07) is 6.36. The summed E-state index contributed by atoms with van der Waals surface area (Å²) in [4.78, 5) is 10.7. The molecule has 0 heterocycles. The molecule has 0 fully saturated rings. The van der Waals surface area contributed by atoms with E-state index >= 15 is 0 Å². The first kappa shape index (κ1) is 11.7. The van der Waals surface area contributed by atoms with E-state index in [1.165, 1.54) is 6.92 Å². The summed E-state index contributed by atoms with van der Waals surface area (Å²) in [6.45, 7) is 2.95. The van der Waals surface area contributed by atoms with Gasteiger partial charge in [0.1, 0.15) is 5.75 Å². The smallest absolute Gasteiger partial charge is 0.308 e. The molecule has 2 atom stereocenters. The SMILES string of the molecule is CC(=O)Oc1cccc([C@H](N)[C@@H](C)O)c1. The van der Waals surface area contributed by atoms with Crippen molar-refractivity contribution in [2.75, 3.05) is 0 Å². The zero-order valence-electron chi connectivity index (χ0n) is 8.81. The lowest BCUT2D eigenvalue weighted by Crippen LogP contribution is -2.23. The van der Waals surface area contributed by atoms with Gasteiger partial charge in [-0.05, 0) is 24.6 Å². The van der Waals surface area contributed by atoms with Crippen molar-refractivity contribution in [1.29, 1.82) is 0 Å². The second kappa shape index (κ2) is 4.91. The minimum Gasteiger partial charge on any atom is -0.427 e. The first-order valence-electron chi connectivity index (χ1n) is 4.72. The maximum absolute atomic E-state index is 10.7. The van der Waals surface area contributed by atoms with Gasteiger partial charge in [-0.1, -0.05) is 12.1 Å². The van der Waals surface area contributed by atoms with Gasteiger partial charge in [0.05, 0.1) is 12.1 Å². The molecule has 0 aliphatic rings. The van der Waals surface area contributed by atoms with Gasteiger partial charge in [0.15, 0.2) is 0 Å². The molecular weight excluding hydrogens is 194 g/mol. The molecule has 4 nitrogen and oxygen atoms in total. The largest absolute Gasteiger partial charge is 0.427 e. The third-order valence-electron chi connectivity index (χ3n) is 2.02. The normalized spacial score (nSPS) is 14.4. The third-order valence-corrected chi connectivity index (χ3v) is 2.02. The number of benzene rings is 1. The van der Waals surface area contributed by atoms with Crippen molar-refractivity contribution in [1.82, 2.24) is 0 Å². The highest BCUT2D eigenvalue weighted by Gasteiger charge is 2.12. The van der Waals surface area contributed by atoms with Gasteiger partial charge >= 0.3 is 5.97 Å². The number of aliphatic hydroxyl groups is 1. The van der Waals surface area contributed by atoms with Crippen molar-refractivity contribution in [2.45, 2.75) is 26.0 Å². The van der Waals surface area contributed by atoms with Crippen molar-refractivity contribution in [3.63, 3.8) is 0 Å². The first-order valence-corrected chi connectivity index (χ1v) is 4.72. The fourth-order valence-electron chi connectivity index (χ4n) is 1.23. The molecule has 0 aliphatic heterocycles. The van der Waals surface area contributed by atoms with E-state index in [-0.39, 0.29) is 5.97 Å². The molecule has 1 aromatic rings. The second-order valence-electron chi connectivity index (χ2n) is 3.43. The first-order chi connectivity index (χ1) is 7.00. The van der Waals surface area contributed by atoms with E-state index in [4.69, 9.17) is 10.5 Å². The Labute approximate surface area is 88.7 Å². The van der Waals surface area contributed by atoms with Crippen molar-refractivity contribution < 1.29 is 14.6 Å². The molecular formula is C11H15NO3. The minimum absolute atomic E-state index is 0.377. The lowest BCUT2D eigenvalue weighted by Gasteiger charge is -2.15. The molecule has 82 valence electrons. The van der Waals surface area contributed by atoms with E-state index in [9.17, 15) is 9.90 Å². The summed E-state index contributed by atoms with van der Waals surface area (Å²) >= 11 is 0. The van der Waals surface area contributed by atoms with Crippen LogP contribution in [0.25, 0.3) is 0 Å². The van der Waals surface area contributed by atoms with Gasteiger partial charge in [-0.2, -0.15) is 0 Å². The Hall–Kier alpha value is -1.39. The number of esters is 1. The molecule has 1 rings (SSSR count). The van der Waals surface area contributed by atoms with Crippen molar-refractivity contribution in [2.24, 2.45) is 5.73 Å². The van der Waals surface area contributed by atoms with Gasteiger partial charge in [-0.3, -0.25) is 4.79 Å². The summed E-state index contributed by atoms with van der Waals surface area (Å²) < 4.78 is 4.91. The van der Waals surface area contributed by atoms with Gasteiger partial charge in [-0.15, -0.1) is 0 Å². The Balaban J connectivity index is 2.87. The number of ether oxygens (including phenoxy) is 1. The maximum Gasteiger partial charge on any atom is 0.308 e. The average Bonchev–Trinajstić information content (AvgIpc) is 2.16. The predicted octanol–water partition coefficient (Wildman–Crippen LogP) is 0.992. The van der Waals surface area contributed by atoms with Crippen LogP contribution in [0.15, 0.2) is 24.3 Å². The van der Waals surface area contributed by atoms with Crippen LogP contribution in [0.4, 0.5) is 0 Å². The summed E-state index contributed by atoms with van der Waals surface area (Å²) in [5, 5.41) is 9.31. The molecule has 0 aliphatic carbocycles. The van der Waals surface area contributed by atoms with Gasteiger partial charge in [0.2, 0.25) is 0 Å². The number of aliphatic hydroxyl groups excluding tert-OH is 1. The Morgan fingerprint density at radius 1 is 1.53 bits per heavy atom. The van der Waals surface area contributed by atoms with Gasteiger partial charge < -0.3 is 15.6 Å². The van der Waals surface area contributed by atoms with Crippen molar-refractivity contribution in [3.8, 4) is 5.75 Å². The third kappa shape index (κ3) is 3.34. The van der Waals surface area contributed by atoms with Crippen LogP contribution in [0.1, 0.15) is 25.5 Å². The molecule has 0 unspecified atom stereocenters. The van der Waals surface area contributed by atoms with Crippen molar-refractivity contribution in [3.05, 3.63) is 29.8 Å².